The van der Waals surface area contributed by atoms with Crippen LogP contribution in [0.2, 0.25) is 5.02 Å². The second-order valence-electron chi connectivity index (χ2n) is 3.72. The zero-order valence-corrected chi connectivity index (χ0v) is 9.76. The van der Waals surface area contributed by atoms with E-state index in [0.717, 1.165) is 12.1 Å². The van der Waals surface area contributed by atoms with E-state index in [-0.39, 0.29) is 5.56 Å². The Labute approximate surface area is 106 Å². The Kier molecular flexibility index (Phi) is 3.59. The molecule has 1 unspecified atom stereocenters. The summed E-state index contributed by atoms with van der Waals surface area (Å²) in [6, 6.07) is 7.85. The van der Waals surface area contributed by atoms with Crippen LogP contribution in [0, 0.1) is 17.5 Å². The van der Waals surface area contributed by atoms with Gasteiger partial charge in [-0.2, -0.15) is 0 Å². The maximum Gasteiger partial charge on any atom is 0.194 e. The zero-order valence-electron chi connectivity index (χ0n) is 9.00. The first-order chi connectivity index (χ1) is 8.50. The van der Waals surface area contributed by atoms with Crippen molar-refractivity contribution < 1.29 is 18.3 Å². The standard InChI is InChI=1S/C13H8ClF3O/c14-8-3-1-2-7(6-8)13(18)9-4-5-10(15)12(17)11(9)16/h1-6,13,18H. The van der Waals surface area contributed by atoms with E-state index in [1.807, 2.05) is 0 Å². The number of rotatable bonds is 2. The van der Waals surface area contributed by atoms with E-state index in [2.05, 4.69) is 0 Å². The molecule has 1 atom stereocenters. The SMILES string of the molecule is OC(c1cccc(Cl)c1)c1ccc(F)c(F)c1F. The summed E-state index contributed by atoms with van der Waals surface area (Å²) in [4.78, 5) is 0. The highest BCUT2D eigenvalue weighted by atomic mass is 35.5. The van der Waals surface area contributed by atoms with E-state index >= 15 is 0 Å². The van der Waals surface area contributed by atoms with Gasteiger partial charge in [-0.15, -0.1) is 0 Å². The third kappa shape index (κ3) is 2.35. The highest BCUT2D eigenvalue weighted by molar-refractivity contribution is 6.30. The van der Waals surface area contributed by atoms with Gasteiger partial charge in [-0.05, 0) is 23.8 Å². The molecule has 0 amide bonds. The van der Waals surface area contributed by atoms with Crippen molar-refractivity contribution in [1.82, 2.24) is 0 Å². The summed E-state index contributed by atoms with van der Waals surface area (Å²) in [5.41, 5.74) is -0.0384. The summed E-state index contributed by atoms with van der Waals surface area (Å²) in [6.45, 7) is 0. The molecule has 2 aromatic carbocycles. The van der Waals surface area contributed by atoms with Crippen LogP contribution in [-0.2, 0) is 0 Å². The second-order valence-corrected chi connectivity index (χ2v) is 4.16. The van der Waals surface area contributed by atoms with Gasteiger partial charge in [0.2, 0.25) is 0 Å². The van der Waals surface area contributed by atoms with E-state index < -0.39 is 23.6 Å². The molecule has 0 fully saturated rings. The van der Waals surface area contributed by atoms with Crippen LogP contribution in [0.15, 0.2) is 36.4 Å². The van der Waals surface area contributed by atoms with Gasteiger partial charge in [0.25, 0.3) is 0 Å². The fraction of sp³-hybridized carbons (Fsp3) is 0.0769. The molecule has 0 radical (unpaired) electrons. The summed E-state index contributed by atoms with van der Waals surface area (Å²) >= 11 is 5.73. The van der Waals surface area contributed by atoms with Crippen LogP contribution in [-0.4, -0.2) is 5.11 Å². The van der Waals surface area contributed by atoms with Gasteiger partial charge in [-0.1, -0.05) is 29.8 Å². The lowest BCUT2D eigenvalue weighted by atomic mass is 10.0. The van der Waals surface area contributed by atoms with Crippen LogP contribution in [0.5, 0.6) is 0 Å². The summed E-state index contributed by atoms with van der Waals surface area (Å²) in [6.07, 6.45) is -1.40. The highest BCUT2D eigenvalue weighted by Crippen LogP contribution is 2.27. The third-order valence-corrected chi connectivity index (χ3v) is 2.76. The van der Waals surface area contributed by atoms with Gasteiger partial charge in [0.05, 0.1) is 0 Å². The molecule has 5 heteroatoms. The van der Waals surface area contributed by atoms with Gasteiger partial charge >= 0.3 is 0 Å². The molecule has 1 N–H and O–H groups in total. The second kappa shape index (κ2) is 5.00. The van der Waals surface area contributed by atoms with Crippen molar-refractivity contribution in [1.29, 1.82) is 0 Å². The third-order valence-electron chi connectivity index (χ3n) is 2.52. The highest BCUT2D eigenvalue weighted by Gasteiger charge is 2.20. The number of aliphatic hydroxyl groups is 1. The Balaban J connectivity index is 2.46. The molecular formula is C13H8ClF3O. The first kappa shape index (κ1) is 12.9. The van der Waals surface area contributed by atoms with E-state index in [9.17, 15) is 18.3 Å². The number of aliphatic hydroxyl groups excluding tert-OH is 1. The van der Waals surface area contributed by atoms with E-state index in [4.69, 9.17) is 11.6 Å². The molecule has 94 valence electrons. The monoisotopic (exact) mass is 272 g/mol. The molecule has 0 aromatic heterocycles. The average Bonchev–Trinajstić information content (AvgIpc) is 2.35. The predicted molar refractivity (Wildman–Crippen MR) is 61.8 cm³/mol. The first-order valence-electron chi connectivity index (χ1n) is 5.07. The normalized spacial score (nSPS) is 12.5. The molecule has 0 bridgehead atoms. The van der Waals surface area contributed by atoms with Gasteiger partial charge in [0.1, 0.15) is 6.10 Å². The van der Waals surface area contributed by atoms with Gasteiger partial charge in [-0.3, -0.25) is 0 Å². The van der Waals surface area contributed by atoms with Crippen LogP contribution in [0.1, 0.15) is 17.2 Å². The Morgan fingerprint density at radius 1 is 1.00 bits per heavy atom. The van der Waals surface area contributed by atoms with Gasteiger partial charge in [0.15, 0.2) is 17.5 Å². The molecule has 0 heterocycles. The fourth-order valence-corrected chi connectivity index (χ4v) is 1.81. The number of hydrogen-bond donors (Lipinski definition) is 1. The molecule has 0 aliphatic rings. The average molecular weight is 273 g/mol. The number of hydrogen-bond acceptors (Lipinski definition) is 1. The fourth-order valence-electron chi connectivity index (χ4n) is 1.61. The van der Waals surface area contributed by atoms with Crippen molar-refractivity contribution >= 4 is 11.6 Å². The molecule has 0 spiro atoms. The van der Waals surface area contributed by atoms with E-state index in [0.29, 0.717) is 10.6 Å². The molecule has 0 saturated carbocycles. The number of benzene rings is 2. The summed E-state index contributed by atoms with van der Waals surface area (Å²) in [5.74, 6) is -4.30. The van der Waals surface area contributed by atoms with Crippen molar-refractivity contribution in [2.75, 3.05) is 0 Å². The zero-order chi connectivity index (χ0) is 13.3. The van der Waals surface area contributed by atoms with Crippen LogP contribution < -0.4 is 0 Å². The lowest BCUT2D eigenvalue weighted by Crippen LogP contribution is -2.05. The molecule has 0 aliphatic carbocycles. The lowest BCUT2D eigenvalue weighted by Gasteiger charge is -2.13. The smallest absolute Gasteiger partial charge is 0.194 e. The minimum absolute atomic E-state index is 0.299. The molecule has 1 nitrogen and oxygen atoms in total. The van der Waals surface area contributed by atoms with Gasteiger partial charge < -0.3 is 5.11 Å². The Morgan fingerprint density at radius 3 is 2.39 bits per heavy atom. The molecular weight excluding hydrogens is 265 g/mol. The number of halogens is 4. The maximum atomic E-state index is 13.5. The topological polar surface area (TPSA) is 20.2 Å². The quantitative estimate of drug-likeness (QED) is 0.824. The van der Waals surface area contributed by atoms with Crippen LogP contribution in [0.3, 0.4) is 0 Å². The molecule has 2 rings (SSSR count). The molecule has 0 aliphatic heterocycles. The Morgan fingerprint density at radius 2 is 1.72 bits per heavy atom. The maximum absolute atomic E-state index is 13.5. The predicted octanol–water partition coefficient (Wildman–Crippen LogP) is 3.84. The van der Waals surface area contributed by atoms with Crippen LogP contribution in [0.4, 0.5) is 13.2 Å². The summed E-state index contributed by atoms with van der Waals surface area (Å²) < 4.78 is 39.3. The van der Waals surface area contributed by atoms with Gasteiger partial charge in [-0.25, -0.2) is 13.2 Å². The summed E-state index contributed by atoms with van der Waals surface area (Å²) in [7, 11) is 0. The lowest BCUT2D eigenvalue weighted by molar-refractivity contribution is 0.212. The molecule has 0 saturated heterocycles. The van der Waals surface area contributed by atoms with E-state index in [1.54, 1.807) is 12.1 Å². The van der Waals surface area contributed by atoms with Gasteiger partial charge in [0, 0.05) is 10.6 Å². The van der Waals surface area contributed by atoms with Crippen molar-refractivity contribution in [3.63, 3.8) is 0 Å². The van der Waals surface area contributed by atoms with Crippen molar-refractivity contribution in [2.24, 2.45) is 0 Å². The minimum atomic E-state index is -1.60. The van der Waals surface area contributed by atoms with E-state index in [1.165, 1.54) is 12.1 Å². The Bertz CT molecular complexity index is 586. The Hall–Kier alpha value is -1.52. The largest absolute Gasteiger partial charge is 0.384 e. The first-order valence-corrected chi connectivity index (χ1v) is 5.45. The molecule has 2 aromatic rings. The van der Waals surface area contributed by atoms with Crippen LogP contribution in [0.25, 0.3) is 0 Å². The van der Waals surface area contributed by atoms with Crippen LogP contribution >= 0.6 is 11.6 Å². The molecule has 18 heavy (non-hydrogen) atoms. The van der Waals surface area contributed by atoms with Crippen molar-refractivity contribution in [3.05, 3.63) is 70.0 Å². The summed E-state index contributed by atoms with van der Waals surface area (Å²) in [5, 5.41) is 10.3. The minimum Gasteiger partial charge on any atom is -0.384 e. The van der Waals surface area contributed by atoms with Crippen molar-refractivity contribution in [3.8, 4) is 0 Å². The van der Waals surface area contributed by atoms with Crippen molar-refractivity contribution in [2.45, 2.75) is 6.10 Å².